The van der Waals surface area contributed by atoms with Gasteiger partial charge in [-0.25, -0.2) is 13.1 Å². The predicted octanol–water partition coefficient (Wildman–Crippen LogP) is 1.50. The van der Waals surface area contributed by atoms with Crippen molar-refractivity contribution in [3.63, 3.8) is 0 Å². The summed E-state index contributed by atoms with van der Waals surface area (Å²) in [6, 6.07) is 3.61. The van der Waals surface area contributed by atoms with E-state index in [1.807, 2.05) is 6.07 Å². The molecule has 0 spiro atoms. The first-order valence-corrected chi connectivity index (χ1v) is 8.25. The van der Waals surface area contributed by atoms with Gasteiger partial charge in [0.1, 0.15) is 10.6 Å². The van der Waals surface area contributed by atoms with Crippen molar-refractivity contribution in [3.8, 4) is 5.75 Å². The summed E-state index contributed by atoms with van der Waals surface area (Å²) in [5, 5.41) is 0. The number of fused-ring (bicyclic) bond motifs is 1. The fourth-order valence-electron chi connectivity index (χ4n) is 2.47. The zero-order valence-electron chi connectivity index (χ0n) is 11.9. The Hall–Kier alpha value is -1.11. The molecule has 20 heavy (non-hydrogen) atoms. The van der Waals surface area contributed by atoms with Crippen LogP contribution < -0.4 is 9.46 Å². The number of hydrogen-bond donors (Lipinski definition) is 1. The lowest BCUT2D eigenvalue weighted by molar-refractivity contribution is 0.204. The number of nitrogens with one attached hydrogen (secondary N) is 1. The summed E-state index contributed by atoms with van der Waals surface area (Å²) in [7, 11) is -0.530. The van der Waals surface area contributed by atoms with E-state index in [0.29, 0.717) is 12.4 Å². The van der Waals surface area contributed by atoms with Gasteiger partial charge < -0.3 is 9.47 Å². The van der Waals surface area contributed by atoms with E-state index in [2.05, 4.69) is 4.72 Å². The molecule has 2 rings (SSSR count). The molecule has 0 aliphatic heterocycles. The molecule has 1 aliphatic carbocycles. The van der Waals surface area contributed by atoms with Crippen molar-refractivity contribution in [2.24, 2.45) is 0 Å². The van der Waals surface area contributed by atoms with Gasteiger partial charge in [0.15, 0.2) is 0 Å². The Morgan fingerprint density at radius 1 is 1.15 bits per heavy atom. The van der Waals surface area contributed by atoms with Crippen LogP contribution in [-0.4, -0.2) is 35.8 Å². The lowest BCUT2D eigenvalue weighted by Gasteiger charge is -2.19. The molecule has 0 bridgehead atoms. The molecule has 1 aromatic rings. The van der Waals surface area contributed by atoms with E-state index in [4.69, 9.17) is 9.47 Å². The summed E-state index contributed by atoms with van der Waals surface area (Å²) in [4.78, 5) is 0.219. The number of benzene rings is 1. The topological polar surface area (TPSA) is 64.6 Å². The average molecular weight is 299 g/mol. The van der Waals surface area contributed by atoms with Gasteiger partial charge in [0.05, 0.1) is 13.7 Å². The van der Waals surface area contributed by atoms with Gasteiger partial charge in [0, 0.05) is 13.7 Å². The Labute approximate surface area is 120 Å². The fourth-order valence-corrected chi connectivity index (χ4v) is 3.68. The van der Waals surface area contributed by atoms with Crippen molar-refractivity contribution in [2.45, 2.75) is 30.6 Å². The van der Waals surface area contributed by atoms with E-state index < -0.39 is 10.0 Å². The summed E-state index contributed by atoms with van der Waals surface area (Å²) in [6.07, 6.45) is 4.17. The number of methoxy groups -OCH3 is 2. The van der Waals surface area contributed by atoms with Gasteiger partial charge in [-0.1, -0.05) is 0 Å². The molecular formula is C14H21NO4S. The third-order valence-corrected chi connectivity index (χ3v) is 5.00. The molecule has 0 saturated carbocycles. The number of hydrogen-bond acceptors (Lipinski definition) is 4. The van der Waals surface area contributed by atoms with Gasteiger partial charge in [-0.3, -0.25) is 0 Å². The predicted molar refractivity (Wildman–Crippen MR) is 76.7 cm³/mol. The molecule has 0 aromatic heterocycles. The number of aryl methyl sites for hydroxylation is 2. The van der Waals surface area contributed by atoms with E-state index in [1.54, 1.807) is 6.07 Å². The smallest absolute Gasteiger partial charge is 0.244 e. The van der Waals surface area contributed by atoms with Crippen LogP contribution in [0.2, 0.25) is 0 Å². The van der Waals surface area contributed by atoms with E-state index in [9.17, 15) is 8.42 Å². The zero-order valence-corrected chi connectivity index (χ0v) is 12.8. The second-order valence-electron chi connectivity index (χ2n) is 4.87. The Morgan fingerprint density at radius 2 is 1.80 bits per heavy atom. The SMILES string of the molecule is COCCNS(=O)(=O)c1cc2c(cc1OC)CCCC2. The Morgan fingerprint density at radius 3 is 2.40 bits per heavy atom. The van der Waals surface area contributed by atoms with E-state index in [0.717, 1.165) is 31.2 Å². The molecular weight excluding hydrogens is 278 g/mol. The van der Waals surface area contributed by atoms with Crippen molar-refractivity contribution in [1.82, 2.24) is 4.72 Å². The monoisotopic (exact) mass is 299 g/mol. The van der Waals surface area contributed by atoms with Crippen LogP contribution in [0.3, 0.4) is 0 Å². The van der Waals surface area contributed by atoms with E-state index >= 15 is 0 Å². The van der Waals surface area contributed by atoms with Gasteiger partial charge in [-0.05, 0) is 48.9 Å². The largest absolute Gasteiger partial charge is 0.495 e. The minimum absolute atomic E-state index is 0.219. The van der Waals surface area contributed by atoms with Crippen molar-refractivity contribution in [2.75, 3.05) is 27.4 Å². The molecule has 6 heteroatoms. The quantitative estimate of drug-likeness (QED) is 0.809. The molecule has 1 N–H and O–H groups in total. The first-order valence-electron chi connectivity index (χ1n) is 6.77. The highest BCUT2D eigenvalue weighted by Gasteiger charge is 2.22. The molecule has 0 atom stereocenters. The number of ether oxygens (including phenoxy) is 2. The maximum absolute atomic E-state index is 12.3. The van der Waals surface area contributed by atoms with Crippen molar-refractivity contribution in [3.05, 3.63) is 23.3 Å². The highest BCUT2D eigenvalue weighted by atomic mass is 32.2. The van der Waals surface area contributed by atoms with Crippen LogP contribution in [0.25, 0.3) is 0 Å². The first kappa shape index (κ1) is 15.3. The maximum atomic E-state index is 12.3. The maximum Gasteiger partial charge on any atom is 0.244 e. The highest BCUT2D eigenvalue weighted by molar-refractivity contribution is 7.89. The van der Waals surface area contributed by atoms with Gasteiger partial charge in [-0.2, -0.15) is 0 Å². The zero-order chi connectivity index (χ0) is 14.6. The second kappa shape index (κ2) is 6.56. The van der Waals surface area contributed by atoms with Crippen LogP contribution in [-0.2, 0) is 27.6 Å². The summed E-state index contributed by atoms with van der Waals surface area (Å²) < 4.78 is 37.3. The highest BCUT2D eigenvalue weighted by Crippen LogP contribution is 2.31. The molecule has 1 aliphatic rings. The minimum Gasteiger partial charge on any atom is -0.495 e. The van der Waals surface area contributed by atoms with Gasteiger partial charge >= 0.3 is 0 Å². The van der Waals surface area contributed by atoms with Crippen LogP contribution in [0.15, 0.2) is 17.0 Å². The van der Waals surface area contributed by atoms with Crippen LogP contribution in [0.5, 0.6) is 5.75 Å². The van der Waals surface area contributed by atoms with Gasteiger partial charge in [0.2, 0.25) is 10.0 Å². The molecule has 0 amide bonds. The lowest BCUT2D eigenvalue weighted by Crippen LogP contribution is -2.28. The molecule has 112 valence electrons. The third-order valence-electron chi connectivity index (χ3n) is 3.52. The van der Waals surface area contributed by atoms with Crippen molar-refractivity contribution in [1.29, 1.82) is 0 Å². The summed E-state index contributed by atoms with van der Waals surface area (Å²) >= 11 is 0. The Balaban J connectivity index is 2.34. The average Bonchev–Trinajstić information content (AvgIpc) is 2.46. The molecule has 0 heterocycles. The molecule has 5 nitrogen and oxygen atoms in total. The second-order valence-corrected chi connectivity index (χ2v) is 6.60. The standard InChI is InChI=1S/C14H21NO4S/c1-18-8-7-15-20(16,17)14-10-12-6-4-3-5-11(12)9-13(14)19-2/h9-10,15H,3-8H2,1-2H3. The molecule has 0 fully saturated rings. The van der Waals surface area contributed by atoms with Gasteiger partial charge in [-0.15, -0.1) is 0 Å². The van der Waals surface area contributed by atoms with E-state index in [1.165, 1.54) is 19.8 Å². The number of rotatable bonds is 6. The van der Waals surface area contributed by atoms with Crippen LogP contribution in [0.1, 0.15) is 24.0 Å². The molecule has 1 aromatic carbocycles. The van der Waals surface area contributed by atoms with Crippen molar-refractivity contribution >= 4 is 10.0 Å². The third kappa shape index (κ3) is 3.31. The van der Waals surface area contributed by atoms with Crippen LogP contribution >= 0.6 is 0 Å². The van der Waals surface area contributed by atoms with Gasteiger partial charge in [0.25, 0.3) is 0 Å². The summed E-state index contributed by atoms with van der Waals surface area (Å²) in [5.74, 6) is 0.413. The summed E-state index contributed by atoms with van der Waals surface area (Å²) in [5.41, 5.74) is 2.31. The Kier molecular flexibility index (Phi) is 5.01. The van der Waals surface area contributed by atoms with E-state index in [-0.39, 0.29) is 11.4 Å². The van der Waals surface area contributed by atoms with Crippen LogP contribution in [0.4, 0.5) is 0 Å². The molecule has 0 radical (unpaired) electrons. The molecule has 0 saturated heterocycles. The van der Waals surface area contributed by atoms with Crippen molar-refractivity contribution < 1.29 is 17.9 Å². The lowest BCUT2D eigenvalue weighted by atomic mass is 9.92. The fraction of sp³-hybridized carbons (Fsp3) is 0.571. The van der Waals surface area contributed by atoms with Crippen LogP contribution in [0, 0.1) is 0 Å². The number of sulfonamides is 1. The summed E-state index contributed by atoms with van der Waals surface area (Å²) in [6.45, 7) is 0.589. The minimum atomic E-state index is -3.56. The Bertz CT molecular complexity index is 569. The first-order chi connectivity index (χ1) is 9.58. The normalized spacial score (nSPS) is 14.9. The molecule has 0 unspecified atom stereocenters.